The van der Waals surface area contributed by atoms with Gasteiger partial charge >= 0.3 is 0 Å². The van der Waals surface area contributed by atoms with Crippen molar-refractivity contribution >= 4 is 5.69 Å². The minimum absolute atomic E-state index is 0.0111. The molecule has 3 aromatic carbocycles. The molecule has 2 N–H and O–H groups in total. The maximum Gasteiger partial charge on any atom is 0.269 e. The average Bonchev–Trinajstić information content (AvgIpc) is 3.37. The summed E-state index contributed by atoms with van der Waals surface area (Å²) in [5.74, 6) is 1.42. The maximum absolute atomic E-state index is 10.9. The van der Waals surface area contributed by atoms with Crippen LogP contribution in [0.3, 0.4) is 0 Å². The number of hydrogen-bond donors (Lipinski definition) is 2. The van der Waals surface area contributed by atoms with E-state index in [0.717, 1.165) is 16.9 Å². The Morgan fingerprint density at radius 1 is 1.06 bits per heavy atom. The van der Waals surface area contributed by atoms with E-state index in [1.165, 1.54) is 12.1 Å². The molecule has 0 aliphatic rings. The second kappa shape index (κ2) is 11.4. The van der Waals surface area contributed by atoms with Gasteiger partial charge in [0.2, 0.25) is 11.7 Å². The molecule has 0 fully saturated rings. The molecule has 180 valence electrons. The lowest BCUT2D eigenvalue weighted by Crippen LogP contribution is -2.35. The summed E-state index contributed by atoms with van der Waals surface area (Å²) in [6.07, 6.45) is -0.196. The molecule has 0 unspecified atom stereocenters. The summed E-state index contributed by atoms with van der Waals surface area (Å²) in [4.78, 5) is 15.0. The van der Waals surface area contributed by atoms with Crippen LogP contribution in [0.25, 0.3) is 11.4 Å². The van der Waals surface area contributed by atoms with Crippen LogP contribution in [0.5, 0.6) is 5.75 Å². The van der Waals surface area contributed by atoms with Crippen molar-refractivity contribution < 1.29 is 19.3 Å². The van der Waals surface area contributed by atoms with Gasteiger partial charge < -0.3 is 19.7 Å². The third kappa shape index (κ3) is 6.50. The van der Waals surface area contributed by atoms with Crippen molar-refractivity contribution in [2.75, 3.05) is 13.2 Å². The van der Waals surface area contributed by atoms with Crippen LogP contribution in [-0.4, -0.2) is 39.4 Å². The highest BCUT2D eigenvalue weighted by Gasteiger charge is 2.22. The summed E-state index contributed by atoms with van der Waals surface area (Å²) in [5, 5.41) is 28.8. The van der Waals surface area contributed by atoms with Crippen LogP contribution in [0.15, 0.2) is 83.4 Å². The number of aliphatic hydroxyl groups excluding tert-OH is 1. The number of hydrogen-bond acceptors (Lipinski definition) is 8. The van der Waals surface area contributed by atoms with Crippen LogP contribution < -0.4 is 10.1 Å². The Balaban J connectivity index is 1.45. The Labute approximate surface area is 202 Å². The summed E-state index contributed by atoms with van der Waals surface area (Å²) in [6.45, 7) is 2.33. The first-order valence-electron chi connectivity index (χ1n) is 11.2. The molecule has 0 spiro atoms. The summed E-state index contributed by atoms with van der Waals surface area (Å²) < 4.78 is 11.3. The van der Waals surface area contributed by atoms with Crippen LogP contribution in [-0.2, 0) is 6.42 Å². The Bertz CT molecular complexity index is 1240. The van der Waals surface area contributed by atoms with Gasteiger partial charge in [-0.2, -0.15) is 4.98 Å². The van der Waals surface area contributed by atoms with Gasteiger partial charge in [-0.3, -0.25) is 10.1 Å². The largest absolute Gasteiger partial charge is 0.491 e. The number of ether oxygens (including phenoxy) is 1. The van der Waals surface area contributed by atoms with Gasteiger partial charge in [0, 0.05) is 24.2 Å². The third-order valence-corrected chi connectivity index (χ3v) is 5.48. The molecule has 0 saturated carbocycles. The molecule has 9 heteroatoms. The fraction of sp³-hybridized carbons (Fsp3) is 0.231. The van der Waals surface area contributed by atoms with Crippen LogP contribution in [0.2, 0.25) is 0 Å². The zero-order valence-electron chi connectivity index (χ0n) is 19.2. The fourth-order valence-corrected chi connectivity index (χ4v) is 3.56. The summed E-state index contributed by atoms with van der Waals surface area (Å²) >= 11 is 0. The van der Waals surface area contributed by atoms with E-state index in [1.807, 2.05) is 61.5 Å². The molecular weight excluding hydrogens is 448 g/mol. The van der Waals surface area contributed by atoms with E-state index in [2.05, 4.69) is 15.5 Å². The van der Waals surface area contributed by atoms with Crippen molar-refractivity contribution in [3.8, 4) is 17.1 Å². The number of non-ortho nitro benzene ring substituents is 1. The van der Waals surface area contributed by atoms with Crippen molar-refractivity contribution in [3.63, 3.8) is 0 Å². The van der Waals surface area contributed by atoms with Gasteiger partial charge in [0.15, 0.2) is 0 Å². The highest BCUT2D eigenvalue weighted by molar-refractivity contribution is 5.56. The molecule has 0 saturated heterocycles. The van der Waals surface area contributed by atoms with E-state index in [9.17, 15) is 15.2 Å². The van der Waals surface area contributed by atoms with Crippen molar-refractivity contribution in [2.45, 2.75) is 25.5 Å². The average molecular weight is 475 g/mol. The van der Waals surface area contributed by atoms with E-state index in [4.69, 9.17) is 9.26 Å². The number of nitro benzene ring substituents is 1. The topological polar surface area (TPSA) is 124 Å². The van der Waals surface area contributed by atoms with Crippen molar-refractivity contribution in [3.05, 3.63) is 106 Å². The molecule has 2 atom stereocenters. The van der Waals surface area contributed by atoms with Crippen LogP contribution in [0.1, 0.15) is 23.1 Å². The quantitative estimate of drug-likeness (QED) is 0.244. The van der Waals surface area contributed by atoms with E-state index < -0.39 is 11.0 Å². The predicted molar refractivity (Wildman–Crippen MR) is 130 cm³/mol. The summed E-state index contributed by atoms with van der Waals surface area (Å²) in [5.41, 5.74) is 2.66. The second-order valence-electron chi connectivity index (χ2n) is 8.14. The smallest absolute Gasteiger partial charge is 0.269 e. The molecule has 1 heterocycles. The molecule has 4 aromatic rings. The van der Waals surface area contributed by atoms with Crippen LogP contribution in [0, 0.1) is 17.0 Å². The monoisotopic (exact) mass is 474 g/mol. The number of aromatic nitrogens is 2. The molecule has 0 aliphatic carbocycles. The number of benzene rings is 3. The van der Waals surface area contributed by atoms with Gasteiger partial charge in [-0.05, 0) is 42.7 Å². The molecule has 0 radical (unpaired) electrons. The lowest BCUT2D eigenvalue weighted by molar-refractivity contribution is -0.384. The Hall–Kier alpha value is -4.08. The van der Waals surface area contributed by atoms with Crippen LogP contribution >= 0.6 is 0 Å². The highest BCUT2D eigenvalue weighted by atomic mass is 16.6. The molecule has 1 aromatic heterocycles. The highest BCUT2D eigenvalue weighted by Crippen LogP contribution is 2.23. The summed E-state index contributed by atoms with van der Waals surface area (Å²) in [6, 6.07) is 23.1. The lowest BCUT2D eigenvalue weighted by Gasteiger charge is -2.19. The molecule has 0 bridgehead atoms. The molecule has 0 amide bonds. The Kier molecular flexibility index (Phi) is 7.81. The minimum atomic E-state index is -0.759. The first-order valence-corrected chi connectivity index (χ1v) is 11.2. The number of nitrogens with one attached hydrogen (secondary N) is 1. The van der Waals surface area contributed by atoms with Crippen LogP contribution in [0.4, 0.5) is 5.69 Å². The zero-order valence-corrected chi connectivity index (χ0v) is 19.2. The van der Waals surface area contributed by atoms with Gasteiger partial charge in [0.25, 0.3) is 5.69 Å². The van der Waals surface area contributed by atoms with Gasteiger partial charge in [0.1, 0.15) is 18.5 Å². The first kappa shape index (κ1) is 24.1. The minimum Gasteiger partial charge on any atom is -0.491 e. The predicted octanol–water partition coefficient (Wildman–Crippen LogP) is 4.27. The zero-order chi connectivity index (χ0) is 24.6. The SMILES string of the molecule is Cc1ccccc1OC[C@@H](O)CN[C@H](Cc1ccccc1)c1nc(-c2ccc([N+](=O)[O-])cc2)no1. The number of nitro groups is 1. The van der Waals surface area contributed by atoms with Gasteiger partial charge in [-0.1, -0.05) is 53.7 Å². The lowest BCUT2D eigenvalue weighted by atomic mass is 10.1. The van der Waals surface area contributed by atoms with Crippen molar-refractivity contribution in [1.82, 2.24) is 15.5 Å². The van der Waals surface area contributed by atoms with Gasteiger partial charge in [-0.15, -0.1) is 0 Å². The molecule has 9 nitrogen and oxygen atoms in total. The third-order valence-electron chi connectivity index (χ3n) is 5.48. The summed E-state index contributed by atoms with van der Waals surface area (Å²) in [7, 11) is 0. The van der Waals surface area contributed by atoms with Crippen molar-refractivity contribution in [1.29, 1.82) is 0 Å². The standard InChI is InChI=1S/C26H26N4O5/c1-18-7-5-6-10-24(18)34-17-22(31)16-27-23(15-19-8-3-2-4-9-19)26-28-25(29-35-26)20-11-13-21(14-12-20)30(32)33/h2-14,22-23,27,31H,15-17H2,1H3/t22-,23+/m0/s1. The molecule has 4 rings (SSSR count). The van der Waals surface area contributed by atoms with E-state index >= 15 is 0 Å². The Morgan fingerprint density at radius 2 is 1.77 bits per heavy atom. The molecule has 0 aliphatic heterocycles. The number of nitrogens with zero attached hydrogens (tertiary/aromatic N) is 3. The maximum atomic E-state index is 10.9. The van der Waals surface area contributed by atoms with Gasteiger partial charge in [-0.25, -0.2) is 0 Å². The number of para-hydroxylation sites is 1. The van der Waals surface area contributed by atoms with E-state index in [-0.39, 0.29) is 24.9 Å². The Morgan fingerprint density at radius 3 is 2.49 bits per heavy atom. The van der Waals surface area contributed by atoms with Gasteiger partial charge in [0.05, 0.1) is 11.0 Å². The first-order chi connectivity index (χ1) is 17.0. The second-order valence-corrected chi connectivity index (χ2v) is 8.14. The number of aliphatic hydroxyl groups is 1. The normalized spacial score (nSPS) is 12.7. The fourth-order valence-electron chi connectivity index (χ4n) is 3.56. The number of aryl methyl sites for hydroxylation is 1. The molecule has 35 heavy (non-hydrogen) atoms. The van der Waals surface area contributed by atoms with E-state index in [0.29, 0.717) is 23.7 Å². The van der Waals surface area contributed by atoms with E-state index in [1.54, 1.807) is 12.1 Å². The molecular formula is C26H26N4O5. The number of rotatable bonds is 11. The van der Waals surface area contributed by atoms with Crippen molar-refractivity contribution in [2.24, 2.45) is 0 Å².